The molecule has 0 fully saturated rings. The number of hydrogen-bond acceptors (Lipinski definition) is 3. The van der Waals surface area contributed by atoms with E-state index in [1.165, 1.54) is 0 Å². The summed E-state index contributed by atoms with van der Waals surface area (Å²) >= 11 is 0. The van der Waals surface area contributed by atoms with Gasteiger partial charge in [-0.05, 0) is 18.2 Å². The Balaban J connectivity index is 2.32. The van der Waals surface area contributed by atoms with Gasteiger partial charge in [0, 0.05) is 5.56 Å². The molecule has 0 atom stereocenters. The molecule has 3 N–H and O–H groups in total. The van der Waals surface area contributed by atoms with Gasteiger partial charge in [0.2, 0.25) is 0 Å². The monoisotopic (exact) mass is 202 g/mol. The van der Waals surface area contributed by atoms with Gasteiger partial charge in [-0.1, -0.05) is 11.8 Å². The maximum atomic E-state index is 11.1. The number of amides is 1. The molecule has 4 heteroatoms. The van der Waals surface area contributed by atoms with Gasteiger partial charge in [-0.25, -0.2) is 0 Å². The Labute approximate surface area is 87.4 Å². The van der Waals surface area contributed by atoms with Gasteiger partial charge in [-0.15, -0.1) is 0 Å². The Kier molecular flexibility index (Phi) is 2.57. The summed E-state index contributed by atoms with van der Waals surface area (Å²) in [6.07, 6.45) is 0. The Morgan fingerprint density at radius 1 is 1.53 bits per heavy atom. The zero-order chi connectivity index (χ0) is 10.7. The van der Waals surface area contributed by atoms with Gasteiger partial charge in [-0.2, -0.15) is 0 Å². The maximum Gasteiger partial charge on any atom is 0.262 e. The number of rotatable bonds is 0. The van der Waals surface area contributed by atoms with Crippen molar-refractivity contribution >= 4 is 11.6 Å². The van der Waals surface area contributed by atoms with Crippen molar-refractivity contribution in [2.75, 3.05) is 18.5 Å². The lowest BCUT2D eigenvalue weighted by Gasteiger charge is -2.17. The number of fused-ring (bicyclic) bond motifs is 1. The first-order valence-corrected chi connectivity index (χ1v) is 4.55. The van der Waals surface area contributed by atoms with Crippen LogP contribution in [-0.4, -0.2) is 19.1 Å². The maximum absolute atomic E-state index is 11.1. The predicted molar refractivity (Wildman–Crippen MR) is 56.5 cm³/mol. The second-order valence-electron chi connectivity index (χ2n) is 3.05. The van der Waals surface area contributed by atoms with E-state index in [1.54, 1.807) is 12.1 Å². The highest BCUT2D eigenvalue weighted by molar-refractivity contribution is 5.95. The minimum absolute atomic E-state index is 0.0703. The summed E-state index contributed by atoms with van der Waals surface area (Å²) in [5.74, 6) is 6.16. The molecular weight excluding hydrogens is 192 g/mol. The average molecular weight is 202 g/mol. The van der Waals surface area contributed by atoms with Gasteiger partial charge < -0.3 is 15.8 Å². The molecule has 0 spiro atoms. The zero-order valence-electron chi connectivity index (χ0n) is 8.04. The van der Waals surface area contributed by atoms with Crippen LogP contribution < -0.4 is 15.8 Å². The van der Waals surface area contributed by atoms with E-state index in [0.29, 0.717) is 18.0 Å². The molecule has 0 saturated carbocycles. The van der Waals surface area contributed by atoms with Crippen molar-refractivity contribution in [2.24, 2.45) is 5.73 Å². The van der Waals surface area contributed by atoms with E-state index >= 15 is 0 Å². The summed E-state index contributed by atoms with van der Waals surface area (Å²) in [6.45, 7) is 0.390. The summed E-state index contributed by atoms with van der Waals surface area (Å²) in [7, 11) is 0. The van der Waals surface area contributed by atoms with Crippen LogP contribution in [0.15, 0.2) is 18.2 Å². The van der Waals surface area contributed by atoms with Crippen LogP contribution >= 0.6 is 0 Å². The molecular formula is C11H10N2O2. The normalized spacial score (nSPS) is 13.0. The lowest BCUT2D eigenvalue weighted by Crippen LogP contribution is -2.25. The number of carbonyl (C=O) groups excluding carboxylic acids is 1. The molecule has 15 heavy (non-hydrogen) atoms. The summed E-state index contributed by atoms with van der Waals surface area (Å²) < 4.78 is 5.21. The molecule has 0 bridgehead atoms. The van der Waals surface area contributed by atoms with E-state index in [0.717, 1.165) is 5.56 Å². The molecule has 0 radical (unpaired) electrons. The molecule has 0 saturated heterocycles. The van der Waals surface area contributed by atoms with Crippen LogP contribution in [0, 0.1) is 11.8 Å². The molecule has 1 aliphatic rings. The minimum Gasteiger partial charge on any atom is -0.482 e. The second-order valence-corrected chi connectivity index (χ2v) is 3.05. The summed E-state index contributed by atoms with van der Waals surface area (Å²) in [4.78, 5) is 11.1. The molecule has 1 aliphatic heterocycles. The van der Waals surface area contributed by atoms with Crippen LogP contribution in [0.4, 0.5) is 5.69 Å². The van der Waals surface area contributed by atoms with E-state index in [9.17, 15) is 4.79 Å². The smallest absolute Gasteiger partial charge is 0.262 e. The Morgan fingerprint density at radius 3 is 3.20 bits per heavy atom. The van der Waals surface area contributed by atoms with Crippen molar-refractivity contribution in [2.45, 2.75) is 0 Å². The van der Waals surface area contributed by atoms with Gasteiger partial charge in [-0.3, -0.25) is 4.79 Å². The van der Waals surface area contributed by atoms with Crippen molar-refractivity contribution < 1.29 is 9.53 Å². The fraction of sp³-hybridized carbons (Fsp3) is 0.182. The molecule has 1 aromatic carbocycles. The fourth-order valence-corrected chi connectivity index (χ4v) is 1.31. The largest absolute Gasteiger partial charge is 0.482 e. The lowest BCUT2D eigenvalue weighted by molar-refractivity contribution is -0.118. The quantitative estimate of drug-likeness (QED) is 0.596. The van der Waals surface area contributed by atoms with Crippen LogP contribution in [0.5, 0.6) is 5.75 Å². The van der Waals surface area contributed by atoms with Crippen LogP contribution in [0.25, 0.3) is 0 Å². The van der Waals surface area contributed by atoms with E-state index in [4.69, 9.17) is 10.5 Å². The molecule has 2 rings (SSSR count). The van der Waals surface area contributed by atoms with Crippen molar-refractivity contribution in [1.29, 1.82) is 0 Å². The third-order valence-electron chi connectivity index (χ3n) is 1.95. The van der Waals surface area contributed by atoms with Gasteiger partial charge >= 0.3 is 0 Å². The van der Waals surface area contributed by atoms with Crippen LogP contribution in [0.1, 0.15) is 5.56 Å². The number of nitrogens with one attached hydrogen (secondary N) is 1. The molecule has 76 valence electrons. The van der Waals surface area contributed by atoms with Gasteiger partial charge in [0.05, 0.1) is 12.2 Å². The van der Waals surface area contributed by atoms with Crippen LogP contribution in [0.3, 0.4) is 0 Å². The number of anilines is 1. The Hall–Kier alpha value is -1.99. The van der Waals surface area contributed by atoms with Crippen LogP contribution in [-0.2, 0) is 4.79 Å². The van der Waals surface area contributed by atoms with Gasteiger partial charge in [0.25, 0.3) is 5.91 Å². The number of hydrogen-bond donors (Lipinski definition) is 2. The molecule has 1 amide bonds. The first-order chi connectivity index (χ1) is 7.29. The molecule has 4 nitrogen and oxygen atoms in total. The number of nitrogens with two attached hydrogens (primary N) is 1. The van der Waals surface area contributed by atoms with Crippen LogP contribution in [0.2, 0.25) is 0 Å². The average Bonchev–Trinajstić information content (AvgIpc) is 2.25. The zero-order valence-corrected chi connectivity index (χ0v) is 8.04. The number of benzene rings is 1. The van der Waals surface area contributed by atoms with Crippen molar-refractivity contribution in [3.8, 4) is 17.6 Å². The first kappa shape index (κ1) is 9.56. The summed E-state index contributed by atoms with van der Waals surface area (Å²) in [5.41, 5.74) is 6.74. The van der Waals surface area contributed by atoms with Crippen molar-refractivity contribution in [3.05, 3.63) is 23.8 Å². The van der Waals surface area contributed by atoms with Gasteiger partial charge in [0.1, 0.15) is 5.75 Å². The van der Waals surface area contributed by atoms with Gasteiger partial charge in [0.15, 0.2) is 6.61 Å². The highest BCUT2D eigenvalue weighted by Crippen LogP contribution is 2.27. The molecule has 1 aromatic rings. The van der Waals surface area contributed by atoms with E-state index in [2.05, 4.69) is 17.2 Å². The standard InChI is InChI=1S/C11H10N2O2/c12-5-1-2-8-3-4-10-9(6-8)13-11(14)7-15-10/h3-4,6H,5,7,12H2,(H,13,14). The SMILES string of the molecule is NCC#Cc1ccc2c(c1)NC(=O)CO2. The highest BCUT2D eigenvalue weighted by Gasteiger charge is 2.15. The van der Waals surface area contributed by atoms with E-state index < -0.39 is 0 Å². The molecule has 0 unspecified atom stereocenters. The number of carbonyl (C=O) groups is 1. The Bertz CT molecular complexity index is 457. The minimum atomic E-state index is -0.147. The fourth-order valence-electron chi connectivity index (χ4n) is 1.31. The Morgan fingerprint density at radius 2 is 2.40 bits per heavy atom. The summed E-state index contributed by atoms with van der Waals surface area (Å²) in [6, 6.07) is 5.39. The topological polar surface area (TPSA) is 64.3 Å². The highest BCUT2D eigenvalue weighted by atomic mass is 16.5. The second kappa shape index (κ2) is 4.03. The number of ether oxygens (including phenoxy) is 1. The lowest BCUT2D eigenvalue weighted by atomic mass is 10.1. The summed E-state index contributed by atoms with van der Waals surface area (Å²) in [5, 5.41) is 2.71. The van der Waals surface area contributed by atoms with E-state index in [-0.39, 0.29) is 12.5 Å². The molecule has 0 aromatic heterocycles. The third-order valence-corrected chi connectivity index (χ3v) is 1.95. The van der Waals surface area contributed by atoms with Crippen molar-refractivity contribution in [3.63, 3.8) is 0 Å². The van der Waals surface area contributed by atoms with E-state index in [1.807, 2.05) is 6.07 Å². The molecule has 0 aliphatic carbocycles. The third kappa shape index (κ3) is 2.09. The first-order valence-electron chi connectivity index (χ1n) is 4.55. The van der Waals surface area contributed by atoms with Crippen molar-refractivity contribution in [1.82, 2.24) is 0 Å². The molecule has 1 heterocycles. The predicted octanol–water partition coefficient (Wildman–Crippen LogP) is 0.328.